The minimum Gasteiger partial charge on any atom is -0.477 e. The maximum atomic E-state index is 10.8. The van der Waals surface area contributed by atoms with Gasteiger partial charge < -0.3 is 15.1 Å². The lowest BCUT2D eigenvalue weighted by Crippen LogP contribution is -1.95. The van der Waals surface area contributed by atoms with Crippen molar-refractivity contribution in [1.29, 1.82) is 0 Å². The first-order valence-corrected chi connectivity index (χ1v) is 5.48. The van der Waals surface area contributed by atoms with Crippen molar-refractivity contribution in [3.8, 4) is 0 Å². The van der Waals surface area contributed by atoms with Crippen LogP contribution < -0.4 is 0 Å². The molecule has 1 aromatic carbocycles. The number of rotatable bonds is 1. The number of hydrogen-bond acceptors (Lipinski definition) is 1. The van der Waals surface area contributed by atoms with Crippen LogP contribution in [0.15, 0.2) is 28.7 Å². The van der Waals surface area contributed by atoms with Gasteiger partial charge in [-0.3, -0.25) is 0 Å². The number of aromatic carboxylic acids is 1. The molecular weight excluding hydrogens is 272 g/mol. The molecule has 0 aliphatic carbocycles. The molecule has 5 heteroatoms. The maximum Gasteiger partial charge on any atom is 0.352 e. The Hall–Kier alpha value is -1.75. The van der Waals surface area contributed by atoms with Gasteiger partial charge in [-0.25, -0.2) is 4.79 Å². The third-order valence-corrected chi connectivity index (χ3v) is 3.06. The lowest BCUT2D eigenvalue weighted by atomic mass is 10.2. The molecule has 80 valence electrons. The second kappa shape index (κ2) is 3.12. The van der Waals surface area contributed by atoms with Crippen molar-refractivity contribution in [2.24, 2.45) is 0 Å². The molecule has 0 spiro atoms. The molecular formula is C11H7BrN2O2. The number of carboxylic acid groups (broad SMARTS) is 1. The van der Waals surface area contributed by atoms with Crippen molar-refractivity contribution >= 4 is 43.8 Å². The van der Waals surface area contributed by atoms with Crippen LogP contribution in [0.1, 0.15) is 10.5 Å². The fourth-order valence-corrected chi connectivity index (χ4v) is 2.22. The Morgan fingerprint density at radius 2 is 2.00 bits per heavy atom. The predicted octanol–water partition coefficient (Wildman–Crippen LogP) is 3.11. The predicted molar refractivity (Wildman–Crippen MR) is 64.8 cm³/mol. The van der Waals surface area contributed by atoms with Crippen LogP contribution in [-0.4, -0.2) is 21.0 Å². The third-order valence-electron chi connectivity index (χ3n) is 2.57. The van der Waals surface area contributed by atoms with Crippen LogP contribution in [0.25, 0.3) is 21.9 Å². The van der Waals surface area contributed by atoms with Crippen molar-refractivity contribution in [3.63, 3.8) is 0 Å². The smallest absolute Gasteiger partial charge is 0.352 e. The van der Waals surface area contributed by atoms with E-state index in [-0.39, 0.29) is 5.69 Å². The Morgan fingerprint density at radius 1 is 1.19 bits per heavy atom. The maximum absolute atomic E-state index is 10.8. The molecule has 2 aromatic heterocycles. The first-order chi connectivity index (χ1) is 7.65. The number of H-pyrrole nitrogens is 2. The highest BCUT2D eigenvalue weighted by atomic mass is 79.9. The monoisotopic (exact) mass is 278 g/mol. The summed E-state index contributed by atoms with van der Waals surface area (Å²) in [6, 6.07) is 7.44. The first-order valence-electron chi connectivity index (χ1n) is 4.68. The van der Waals surface area contributed by atoms with Crippen LogP contribution >= 0.6 is 15.9 Å². The number of carbonyl (C=O) groups is 1. The standard InChI is InChI=1S/C11H7BrN2O2/c12-5-1-2-6-7(3-5)13-8-4-9(11(15)16)14-10(6)8/h1-4,13-14H,(H,15,16). The summed E-state index contributed by atoms with van der Waals surface area (Å²) in [4.78, 5) is 16.9. The summed E-state index contributed by atoms with van der Waals surface area (Å²) in [5.41, 5.74) is 2.82. The van der Waals surface area contributed by atoms with Crippen molar-refractivity contribution in [1.82, 2.24) is 9.97 Å². The molecule has 0 radical (unpaired) electrons. The summed E-state index contributed by atoms with van der Waals surface area (Å²) in [6.45, 7) is 0. The molecule has 0 aliphatic heterocycles. The van der Waals surface area contributed by atoms with Gasteiger partial charge in [-0.2, -0.15) is 0 Å². The van der Waals surface area contributed by atoms with E-state index in [1.807, 2.05) is 18.2 Å². The summed E-state index contributed by atoms with van der Waals surface area (Å²) in [5, 5.41) is 9.86. The molecule has 2 heterocycles. The van der Waals surface area contributed by atoms with Gasteiger partial charge in [0.15, 0.2) is 0 Å². The van der Waals surface area contributed by atoms with Gasteiger partial charge in [0.2, 0.25) is 0 Å². The van der Waals surface area contributed by atoms with Gasteiger partial charge in [-0.1, -0.05) is 15.9 Å². The number of benzene rings is 1. The summed E-state index contributed by atoms with van der Waals surface area (Å²) >= 11 is 3.39. The number of nitrogens with one attached hydrogen (secondary N) is 2. The van der Waals surface area contributed by atoms with E-state index >= 15 is 0 Å². The van der Waals surface area contributed by atoms with Gasteiger partial charge in [0, 0.05) is 15.4 Å². The SMILES string of the molecule is O=C(O)c1cc2[nH]c3cc(Br)ccc3c2[nH]1. The Labute approximate surface area is 98.4 Å². The quantitative estimate of drug-likeness (QED) is 0.640. The van der Waals surface area contributed by atoms with E-state index in [9.17, 15) is 4.79 Å². The molecule has 0 fully saturated rings. The van der Waals surface area contributed by atoms with E-state index in [4.69, 9.17) is 5.11 Å². The van der Waals surface area contributed by atoms with Crippen molar-refractivity contribution in [2.45, 2.75) is 0 Å². The normalized spacial score (nSPS) is 11.3. The van der Waals surface area contributed by atoms with Gasteiger partial charge in [-0.05, 0) is 24.3 Å². The fourth-order valence-electron chi connectivity index (χ4n) is 1.86. The third kappa shape index (κ3) is 1.25. The van der Waals surface area contributed by atoms with Crippen molar-refractivity contribution in [2.75, 3.05) is 0 Å². The largest absolute Gasteiger partial charge is 0.477 e. The summed E-state index contributed by atoms with van der Waals surface area (Å²) in [5.74, 6) is -0.949. The molecule has 0 unspecified atom stereocenters. The number of hydrogen-bond donors (Lipinski definition) is 3. The summed E-state index contributed by atoms with van der Waals surface area (Å²) < 4.78 is 0.988. The summed E-state index contributed by atoms with van der Waals surface area (Å²) in [6.07, 6.45) is 0. The average molecular weight is 279 g/mol. The van der Waals surface area contributed by atoms with Crippen LogP contribution in [-0.2, 0) is 0 Å². The highest BCUT2D eigenvalue weighted by Crippen LogP contribution is 2.27. The molecule has 0 bridgehead atoms. The molecule has 16 heavy (non-hydrogen) atoms. The van der Waals surface area contributed by atoms with Gasteiger partial charge in [0.25, 0.3) is 0 Å². The molecule has 0 saturated carbocycles. The molecule has 0 atom stereocenters. The van der Waals surface area contributed by atoms with E-state index in [0.29, 0.717) is 0 Å². The molecule has 3 aromatic rings. The highest BCUT2D eigenvalue weighted by molar-refractivity contribution is 9.10. The lowest BCUT2D eigenvalue weighted by molar-refractivity contribution is 0.0691. The highest BCUT2D eigenvalue weighted by Gasteiger charge is 2.11. The zero-order valence-corrected chi connectivity index (χ0v) is 9.63. The summed E-state index contributed by atoms with van der Waals surface area (Å²) in [7, 11) is 0. The number of halogens is 1. The van der Waals surface area contributed by atoms with E-state index in [0.717, 1.165) is 26.4 Å². The van der Waals surface area contributed by atoms with Gasteiger partial charge >= 0.3 is 5.97 Å². The number of fused-ring (bicyclic) bond motifs is 3. The number of aromatic nitrogens is 2. The van der Waals surface area contributed by atoms with Crippen LogP contribution in [0.3, 0.4) is 0 Å². The number of carboxylic acids is 1. The van der Waals surface area contributed by atoms with Crippen molar-refractivity contribution in [3.05, 3.63) is 34.4 Å². The van der Waals surface area contributed by atoms with Crippen LogP contribution in [0, 0.1) is 0 Å². The number of aromatic amines is 2. The minimum absolute atomic E-state index is 0.200. The lowest BCUT2D eigenvalue weighted by Gasteiger charge is -1.92. The van der Waals surface area contributed by atoms with E-state index in [1.54, 1.807) is 6.07 Å². The van der Waals surface area contributed by atoms with Gasteiger partial charge in [-0.15, -0.1) is 0 Å². The molecule has 0 aliphatic rings. The topological polar surface area (TPSA) is 68.9 Å². The average Bonchev–Trinajstić information content (AvgIpc) is 2.73. The zero-order chi connectivity index (χ0) is 11.3. The Bertz CT molecular complexity index is 711. The molecule has 3 N–H and O–H groups in total. The fraction of sp³-hybridized carbons (Fsp3) is 0. The minimum atomic E-state index is -0.949. The van der Waals surface area contributed by atoms with Gasteiger partial charge in [0.05, 0.1) is 11.0 Å². The van der Waals surface area contributed by atoms with Gasteiger partial charge in [0.1, 0.15) is 5.69 Å². The Kier molecular flexibility index (Phi) is 1.85. The molecule has 0 amide bonds. The zero-order valence-electron chi connectivity index (χ0n) is 8.04. The molecule has 4 nitrogen and oxygen atoms in total. The Balaban J connectivity index is 2.38. The van der Waals surface area contributed by atoms with Crippen LogP contribution in [0.2, 0.25) is 0 Å². The second-order valence-corrected chi connectivity index (χ2v) is 4.51. The second-order valence-electron chi connectivity index (χ2n) is 3.59. The van der Waals surface area contributed by atoms with Crippen LogP contribution in [0.5, 0.6) is 0 Å². The van der Waals surface area contributed by atoms with E-state index < -0.39 is 5.97 Å². The van der Waals surface area contributed by atoms with Crippen LogP contribution in [0.4, 0.5) is 0 Å². The molecule has 3 rings (SSSR count). The van der Waals surface area contributed by atoms with Crippen molar-refractivity contribution < 1.29 is 9.90 Å². The van der Waals surface area contributed by atoms with E-state index in [1.165, 1.54) is 0 Å². The molecule has 0 saturated heterocycles. The first kappa shape index (κ1) is 9.47. The Morgan fingerprint density at radius 3 is 2.75 bits per heavy atom. The van der Waals surface area contributed by atoms with E-state index in [2.05, 4.69) is 25.9 Å².